The maximum atomic E-state index is 8.74. The van der Waals surface area contributed by atoms with Crippen LogP contribution in [-0.2, 0) is 15.1 Å². The smallest absolute Gasteiger partial charge is 0.394 e. The minimum atomic E-state index is -4.67. The molecule has 0 spiro atoms. The van der Waals surface area contributed by atoms with Gasteiger partial charge < -0.3 is 21.1 Å². The first-order valence-corrected chi connectivity index (χ1v) is 16.1. The van der Waals surface area contributed by atoms with Crippen LogP contribution < -0.4 is 6.15 Å². The van der Waals surface area contributed by atoms with Crippen LogP contribution in [0.2, 0.25) is 0 Å². The molecule has 0 atom stereocenters. The molecule has 0 radical (unpaired) electrons. The second-order valence-electron chi connectivity index (χ2n) is 9.06. The van der Waals surface area contributed by atoms with Gasteiger partial charge in [0.2, 0.25) is 0 Å². The molecular formula is C28H67NO7S. The number of unbranched alkanes of at least 4 members (excludes halogenated alkanes) is 18. The molecule has 0 aromatic rings. The van der Waals surface area contributed by atoms with Gasteiger partial charge in [0.05, 0.1) is 0 Å². The minimum absolute atomic E-state index is 0. The molecule has 0 aliphatic rings. The van der Waals surface area contributed by atoms with Gasteiger partial charge in [-0.15, -0.1) is 0 Å². The summed E-state index contributed by atoms with van der Waals surface area (Å²) in [4.78, 5) is 0. The van der Waals surface area contributed by atoms with Crippen molar-refractivity contribution in [1.82, 2.24) is 6.15 Å². The molecule has 7 N–H and O–H groups in total. The minimum Gasteiger partial charge on any atom is -0.397 e. The molecular weight excluding hydrogens is 494 g/mol. The number of rotatable bonds is 22. The molecule has 0 aliphatic heterocycles. The van der Waals surface area contributed by atoms with E-state index < -0.39 is 10.4 Å². The van der Waals surface area contributed by atoms with Crippen LogP contribution in [-0.4, -0.2) is 54.2 Å². The molecule has 0 rings (SSSR count). The van der Waals surface area contributed by atoms with Gasteiger partial charge in [-0.1, -0.05) is 129 Å². The van der Waals surface area contributed by atoms with E-state index in [-0.39, 0.29) is 19.4 Å². The van der Waals surface area contributed by atoms with Crippen LogP contribution in [0.1, 0.15) is 156 Å². The molecule has 232 valence electrons. The summed E-state index contributed by atoms with van der Waals surface area (Å²) in [5.74, 6) is 0. The molecule has 37 heavy (non-hydrogen) atoms. The molecule has 0 saturated heterocycles. The summed E-state index contributed by atoms with van der Waals surface area (Å²) in [5, 5.41) is 15.1. The van der Waals surface area contributed by atoms with E-state index in [9.17, 15) is 0 Å². The first-order valence-electron chi connectivity index (χ1n) is 14.7. The van der Waals surface area contributed by atoms with E-state index in [4.69, 9.17) is 32.5 Å². The summed E-state index contributed by atoms with van der Waals surface area (Å²) in [6.45, 7) is 10.4. The standard InChI is InChI=1S/C24H50O.2C2H6O.H3N.H2O4S/c1-3-5-7-9-11-13-15-17-19-21-23-25-24-22-20-18-16-14-12-10-8-6-4-2;2*1-2-3;;1-5(2,3)4/h3-24H2,1-2H3;2*3H,2H2,1H3;1H3;(H2,1,2,3,4). The molecule has 0 bridgehead atoms. The van der Waals surface area contributed by atoms with Gasteiger partial charge in [0.15, 0.2) is 0 Å². The third-order valence-corrected chi connectivity index (χ3v) is 5.28. The number of hydrogen-bond donors (Lipinski definition) is 5. The maximum Gasteiger partial charge on any atom is 0.394 e. The van der Waals surface area contributed by atoms with E-state index in [1.54, 1.807) is 13.8 Å². The highest BCUT2D eigenvalue weighted by atomic mass is 32.3. The lowest BCUT2D eigenvalue weighted by atomic mass is 10.1. The average Bonchev–Trinajstić information content (AvgIpc) is 2.80. The molecule has 9 heteroatoms. The van der Waals surface area contributed by atoms with Gasteiger partial charge in [-0.25, -0.2) is 0 Å². The summed E-state index contributed by atoms with van der Waals surface area (Å²) in [7, 11) is -4.67. The van der Waals surface area contributed by atoms with Crippen LogP contribution in [0.15, 0.2) is 0 Å². The van der Waals surface area contributed by atoms with Gasteiger partial charge in [-0.05, 0) is 26.7 Å². The fourth-order valence-electron chi connectivity index (χ4n) is 3.49. The van der Waals surface area contributed by atoms with Crippen molar-refractivity contribution < 1.29 is 32.5 Å². The highest BCUT2D eigenvalue weighted by Gasteiger charge is 1.95. The van der Waals surface area contributed by atoms with Crippen molar-refractivity contribution in [3.05, 3.63) is 0 Å². The van der Waals surface area contributed by atoms with Gasteiger partial charge in [0.1, 0.15) is 0 Å². The highest BCUT2D eigenvalue weighted by Crippen LogP contribution is 2.12. The summed E-state index contributed by atoms with van der Waals surface area (Å²) >= 11 is 0. The Labute approximate surface area is 231 Å². The normalized spacial score (nSPS) is 10.2. The Morgan fingerprint density at radius 1 is 0.459 bits per heavy atom. The largest absolute Gasteiger partial charge is 0.397 e. The molecule has 0 aromatic carbocycles. The zero-order chi connectivity index (χ0) is 28.2. The van der Waals surface area contributed by atoms with Crippen molar-refractivity contribution in [3.8, 4) is 0 Å². The van der Waals surface area contributed by atoms with Gasteiger partial charge in [-0.3, -0.25) is 9.11 Å². The molecule has 0 saturated carbocycles. The number of aliphatic hydroxyl groups excluding tert-OH is 2. The Hall–Kier alpha value is -0.290. The third kappa shape index (κ3) is 86.1. The Morgan fingerprint density at radius 3 is 0.811 bits per heavy atom. The molecule has 0 fully saturated rings. The predicted molar refractivity (Wildman–Crippen MR) is 159 cm³/mol. The number of hydrogen-bond acceptors (Lipinski definition) is 6. The van der Waals surface area contributed by atoms with Crippen LogP contribution in [0.25, 0.3) is 0 Å². The van der Waals surface area contributed by atoms with Crippen molar-refractivity contribution in [2.75, 3.05) is 26.4 Å². The molecule has 0 amide bonds. The van der Waals surface area contributed by atoms with Crippen molar-refractivity contribution in [2.45, 2.75) is 156 Å². The van der Waals surface area contributed by atoms with Crippen LogP contribution in [0.5, 0.6) is 0 Å². The lowest BCUT2D eigenvalue weighted by molar-refractivity contribution is 0.125. The van der Waals surface area contributed by atoms with E-state index in [0.29, 0.717) is 0 Å². The fourth-order valence-corrected chi connectivity index (χ4v) is 3.49. The summed E-state index contributed by atoms with van der Waals surface area (Å²) in [6, 6.07) is 0. The lowest BCUT2D eigenvalue weighted by Crippen LogP contribution is -1.97. The van der Waals surface area contributed by atoms with Crippen molar-refractivity contribution in [3.63, 3.8) is 0 Å². The number of aliphatic hydroxyl groups is 2. The number of ether oxygens (including phenoxy) is 1. The Kier molecular flexibility index (Phi) is 57.4. The summed E-state index contributed by atoms with van der Waals surface area (Å²) in [5.41, 5.74) is 0. The van der Waals surface area contributed by atoms with Gasteiger partial charge in [0.25, 0.3) is 0 Å². The quantitative estimate of drug-likeness (QED) is 0.0651. The van der Waals surface area contributed by atoms with Crippen LogP contribution in [0.3, 0.4) is 0 Å². The second-order valence-corrected chi connectivity index (χ2v) is 9.95. The van der Waals surface area contributed by atoms with E-state index in [1.165, 1.54) is 128 Å². The van der Waals surface area contributed by atoms with Gasteiger partial charge >= 0.3 is 10.4 Å². The SMILES string of the molecule is CCCCCCCCCCCCOCCCCCCCCCCCC.CCO.CCO.N.O=S(=O)(O)O. The zero-order valence-corrected chi connectivity index (χ0v) is 25.9. The van der Waals surface area contributed by atoms with Crippen molar-refractivity contribution in [2.24, 2.45) is 0 Å². The van der Waals surface area contributed by atoms with Gasteiger partial charge in [-0.2, -0.15) is 8.42 Å². The zero-order valence-electron chi connectivity index (χ0n) is 25.1. The van der Waals surface area contributed by atoms with Crippen LogP contribution in [0, 0.1) is 0 Å². The highest BCUT2D eigenvalue weighted by molar-refractivity contribution is 7.79. The molecule has 0 aliphatic carbocycles. The first kappa shape index (κ1) is 46.6. The Morgan fingerprint density at radius 2 is 0.622 bits per heavy atom. The predicted octanol–water partition coefficient (Wildman–Crippen LogP) is 8.35. The Balaban J connectivity index is -0.000000239. The van der Waals surface area contributed by atoms with E-state index in [1.807, 2.05) is 0 Å². The third-order valence-electron chi connectivity index (χ3n) is 5.28. The molecule has 0 aromatic heterocycles. The molecule has 0 heterocycles. The summed E-state index contributed by atoms with van der Waals surface area (Å²) < 4.78 is 37.4. The lowest BCUT2D eigenvalue weighted by Gasteiger charge is -2.05. The van der Waals surface area contributed by atoms with Crippen LogP contribution in [0.4, 0.5) is 0 Å². The van der Waals surface area contributed by atoms with E-state index in [0.717, 1.165) is 13.2 Å². The van der Waals surface area contributed by atoms with Crippen LogP contribution >= 0.6 is 0 Å². The summed E-state index contributed by atoms with van der Waals surface area (Å²) in [6.07, 6.45) is 28.2. The monoisotopic (exact) mass is 561 g/mol. The van der Waals surface area contributed by atoms with Crippen molar-refractivity contribution in [1.29, 1.82) is 0 Å². The van der Waals surface area contributed by atoms with E-state index in [2.05, 4.69) is 13.8 Å². The average molecular weight is 562 g/mol. The fraction of sp³-hybridized carbons (Fsp3) is 1.00. The maximum absolute atomic E-state index is 8.74. The Bertz CT molecular complexity index is 406. The molecule has 8 nitrogen and oxygen atoms in total. The first-order chi connectivity index (χ1) is 17.2. The topological polar surface area (TPSA) is 159 Å². The van der Waals surface area contributed by atoms with Crippen molar-refractivity contribution >= 4 is 10.4 Å². The second kappa shape index (κ2) is 45.6. The molecule has 0 unspecified atom stereocenters. The van der Waals surface area contributed by atoms with E-state index >= 15 is 0 Å². The van der Waals surface area contributed by atoms with Gasteiger partial charge in [0, 0.05) is 26.4 Å².